The Morgan fingerprint density at radius 1 is 1.42 bits per heavy atom. The minimum absolute atomic E-state index is 0.00343. The van der Waals surface area contributed by atoms with Crippen LogP contribution in [0.15, 0.2) is 30.3 Å². The Balaban J connectivity index is 1.91. The molecule has 2 rings (SSSR count). The third kappa shape index (κ3) is 3.55. The number of benzene rings is 1. The van der Waals surface area contributed by atoms with E-state index in [4.69, 9.17) is 4.74 Å². The van der Waals surface area contributed by atoms with Gasteiger partial charge in [-0.25, -0.2) is 0 Å². The maximum Gasteiger partial charge on any atom is 0.321 e. The topological polar surface area (TPSA) is 49.8 Å². The Morgan fingerprint density at radius 3 is 2.63 bits per heavy atom. The van der Waals surface area contributed by atoms with Crippen molar-refractivity contribution in [3.8, 4) is 0 Å². The van der Waals surface area contributed by atoms with E-state index in [1.54, 1.807) is 0 Å². The number of ether oxygens (including phenoxy) is 1. The molecule has 0 saturated carbocycles. The van der Waals surface area contributed by atoms with Gasteiger partial charge in [-0.2, -0.15) is 0 Å². The summed E-state index contributed by atoms with van der Waals surface area (Å²) < 4.78 is 5.84. The lowest BCUT2D eigenvalue weighted by Gasteiger charge is -2.24. The van der Waals surface area contributed by atoms with E-state index >= 15 is 0 Å². The lowest BCUT2D eigenvalue weighted by molar-refractivity contribution is -0.142. The number of carboxylic acid groups (broad SMARTS) is 1. The van der Waals surface area contributed by atoms with Gasteiger partial charge in [-0.1, -0.05) is 30.3 Å². The summed E-state index contributed by atoms with van der Waals surface area (Å²) >= 11 is 0. The van der Waals surface area contributed by atoms with Gasteiger partial charge in [-0.15, -0.1) is 0 Å². The van der Waals surface area contributed by atoms with E-state index in [1.807, 2.05) is 49.1 Å². The highest BCUT2D eigenvalue weighted by molar-refractivity contribution is 5.74. The Bertz CT molecular complexity index is 419. The summed E-state index contributed by atoms with van der Waals surface area (Å²) in [6.45, 7) is 5.29. The summed E-state index contributed by atoms with van der Waals surface area (Å²) in [6.07, 6.45) is 0.573. The minimum Gasteiger partial charge on any atom is -0.480 e. The fourth-order valence-corrected chi connectivity index (χ4v) is 2.54. The van der Waals surface area contributed by atoms with Crippen molar-refractivity contribution in [3.63, 3.8) is 0 Å². The fourth-order valence-electron chi connectivity index (χ4n) is 2.54. The highest BCUT2D eigenvalue weighted by Gasteiger charge is 2.38. The van der Waals surface area contributed by atoms with Crippen LogP contribution in [0.5, 0.6) is 0 Å². The minimum atomic E-state index is -0.750. The highest BCUT2D eigenvalue weighted by Crippen LogP contribution is 2.23. The van der Waals surface area contributed by atoms with Crippen LogP contribution in [0.3, 0.4) is 0 Å². The molecule has 0 spiro atoms. The largest absolute Gasteiger partial charge is 0.480 e. The second-order valence-electron chi connectivity index (χ2n) is 5.30. The molecule has 1 fully saturated rings. The molecular formula is C15H21NO3. The van der Waals surface area contributed by atoms with Crippen LogP contribution in [0, 0.1) is 0 Å². The van der Waals surface area contributed by atoms with Gasteiger partial charge in [0, 0.05) is 19.0 Å². The molecule has 4 heteroatoms. The summed E-state index contributed by atoms with van der Waals surface area (Å²) in [6, 6.07) is 9.78. The molecule has 0 amide bonds. The van der Waals surface area contributed by atoms with Gasteiger partial charge in [0.05, 0.1) is 12.7 Å². The molecule has 1 aliphatic heterocycles. The summed E-state index contributed by atoms with van der Waals surface area (Å²) in [5.74, 6) is -0.750. The first-order chi connectivity index (χ1) is 9.08. The van der Waals surface area contributed by atoms with Crippen molar-refractivity contribution in [1.29, 1.82) is 0 Å². The number of carbonyl (C=O) groups is 1. The van der Waals surface area contributed by atoms with Crippen LogP contribution in [-0.2, 0) is 16.1 Å². The predicted molar refractivity (Wildman–Crippen MR) is 72.9 cm³/mol. The van der Waals surface area contributed by atoms with Crippen LogP contribution in [0.4, 0.5) is 0 Å². The second kappa shape index (κ2) is 6.17. The van der Waals surface area contributed by atoms with Gasteiger partial charge in [-0.05, 0) is 19.4 Å². The molecule has 0 aromatic heterocycles. The molecule has 2 atom stereocenters. The van der Waals surface area contributed by atoms with E-state index in [2.05, 4.69) is 0 Å². The lowest BCUT2D eigenvalue weighted by atomic mass is 10.2. The molecular weight excluding hydrogens is 242 g/mol. The zero-order valence-electron chi connectivity index (χ0n) is 11.5. The average molecular weight is 263 g/mol. The maximum absolute atomic E-state index is 11.2. The molecule has 4 nitrogen and oxygen atoms in total. The molecule has 1 aliphatic rings. The number of aliphatic carboxylic acids is 1. The molecule has 0 aliphatic carbocycles. The Labute approximate surface area is 114 Å². The molecule has 1 aromatic rings. The van der Waals surface area contributed by atoms with Crippen LogP contribution in [0.1, 0.15) is 25.8 Å². The van der Waals surface area contributed by atoms with Crippen LogP contribution in [0.2, 0.25) is 0 Å². The number of hydrogen-bond acceptors (Lipinski definition) is 3. The normalized spacial score (nSPS) is 23.9. The first-order valence-electron chi connectivity index (χ1n) is 6.72. The Morgan fingerprint density at radius 2 is 2.11 bits per heavy atom. The molecule has 19 heavy (non-hydrogen) atoms. The monoisotopic (exact) mass is 263 g/mol. The average Bonchev–Trinajstić information content (AvgIpc) is 2.82. The van der Waals surface area contributed by atoms with Crippen LogP contribution >= 0.6 is 0 Å². The van der Waals surface area contributed by atoms with Crippen LogP contribution in [-0.4, -0.2) is 40.7 Å². The number of carboxylic acids is 1. The van der Waals surface area contributed by atoms with Crippen molar-refractivity contribution >= 4 is 5.97 Å². The third-order valence-electron chi connectivity index (χ3n) is 3.58. The van der Waals surface area contributed by atoms with Crippen molar-refractivity contribution in [2.45, 2.75) is 45.1 Å². The molecule has 1 aromatic carbocycles. The Hall–Kier alpha value is -1.39. The number of hydrogen-bond donors (Lipinski definition) is 1. The summed E-state index contributed by atoms with van der Waals surface area (Å²) in [4.78, 5) is 13.2. The quantitative estimate of drug-likeness (QED) is 0.884. The summed E-state index contributed by atoms with van der Waals surface area (Å²) in [7, 11) is 0. The van der Waals surface area contributed by atoms with Gasteiger partial charge in [0.1, 0.15) is 6.04 Å². The molecule has 0 unspecified atom stereocenters. The smallest absolute Gasteiger partial charge is 0.321 e. The van der Waals surface area contributed by atoms with E-state index in [9.17, 15) is 9.90 Å². The van der Waals surface area contributed by atoms with Gasteiger partial charge in [-0.3, -0.25) is 9.69 Å². The number of nitrogens with zero attached hydrogens (tertiary/aromatic N) is 1. The van der Waals surface area contributed by atoms with Gasteiger partial charge < -0.3 is 9.84 Å². The number of rotatable bonds is 5. The zero-order chi connectivity index (χ0) is 13.8. The van der Waals surface area contributed by atoms with Crippen molar-refractivity contribution in [3.05, 3.63) is 35.9 Å². The van der Waals surface area contributed by atoms with Gasteiger partial charge in [0.2, 0.25) is 0 Å². The first-order valence-corrected chi connectivity index (χ1v) is 6.72. The second-order valence-corrected chi connectivity index (χ2v) is 5.30. The molecule has 104 valence electrons. The van der Waals surface area contributed by atoms with Crippen molar-refractivity contribution in [2.75, 3.05) is 6.54 Å². The summed E-state index contributed by atoms with van der Waals surface area (Å²) in [5, 5.41) is 9.24. The number of likely N-dealkylation sites (tertiary alicyclic amines) is 1. The van der Waals surface area contributed by atoms with Crippen molar-refractivity contribution in [2.24, 2.45) is 0 Å². The molecule has 1 heterocycles. The molecule has 0 radical (unpaired) electrons. The molecule has 1 saturated heterocycles. The van der Waals surface area contributed by atoms with Crippen LogP contribution < -0.4 is 0 Å². The van der Waals surface area contributed by atoms with Crippen molar-refractivity contribution < 1.29 is 14.6 Å². The SMILES string of the molecule is CC(C)N1C[C@H](OCc2ccccc2)C[C@H]1C(=O)O. The highest BCUT2D eigenvalue weighted by atomic mass is 16.5. The van der Waals surface area contributed by atoms with E-state index < -0.39 is 12.0 Å². The zero-order valence-corrected chi connectivity index (χ0v) is 11.5. The summed E-state index contributed by atoms with van der Waals surface area (Å²) in [5.41, 5.74) is 1.12. The molecule has 0 bridgehead atoms. The van der Waals surface area contributed by atoms with Crippen molar-refractivity contribution in [1.82, 2.24) is 4.90 Å². The fraction of sp³-hybridized carbons (Fsp3) is 0.533. The predicted octanol–water partition coefficient (Wildman–Crippen LogP) is 2.14. The van der Waals surface area contributed by atoms with Gasteiger partial charge >= 0.3 is 5.97 Å². The Kier molecular flexibility index (Phi) is 4.56. The van der Waals surface area contributed by atoms with E-state index in [-0.39, 0.29) is 12.1 Å². The van der Waals surface area contributed by atoms with Gasteiger partial charge in [0.25, 0.3) is 0 Å². The lowest BCUT2D eigenvalue weighted by Crippen LogP contribution is -2.40. The standard InChI is InChI=1S/C15H21NO3/c1-11(2)16-9-13(8-14(16)15(17)18)19-10-12-6-4-3-5-7-12/h3-7,11,13-14H,8-10H2,1-2H3,(H,17,18)/t13-,14+/m1/s1. The third-order valence-corrected chi connectivity index (χ3v) is 3.58. The van der Waals surface area contributed by atoms with Gasteiger partial charge in [0.15, 0.2) is 0 Å². The first kappa shape index (κ1) is 14.0. The van der Waals surface area contributed by atoms with E-state index in [0.717, 1.165) is 5.56 Å². The van der Waals surface area contributed by atoms with E-state index in [1.165, 1.54) is 0 Å². The molecule has 1 N–H and O–H groups in total. The van der Waals surface area contributed by atoms with Crippen LogP contribution in [0.25, 0.3) is 0 Å². The van der Waals surface area contributed by atoms with E-state index in [0.29, 0.717) is 19.6 Å². The maximum atomic E-state index is 11.2.